The van der Waals surface area contributed by atoms with Gasteiger partial charge in [-0.05, 0) is 49.2 Å². The highest BCUT2D eigenvalue weighted by molar-refractivity contribution is 6.32. The number of hydrogen-bond acceptors (Lipinski definition) is 4. The fourth-order valence-corrected chi connectivity index (χ4v) is 3.33. The highest BCUT2D eigenvalue weighted by atomic mass is 35.5. The van der Waals surface area contributed by atoms with Gasteiger partial charge in [0, 0.05) is 18.8 Å². The van der Waals surface area contributed by atoms with E-state index < -0.39 is 0 Å². The molecule has 0 saturated carbocycles. The monoisotopic (exact) mass is 438 g/mol. The van der Waals surface area contributed by atoms with E-state index in [1.807, 2.05) is 68.4 Å². The number of hydrogen-bond donors (Lipinski definition) is 2. The number of benzene rings is 3. The fourth-order valence-electron chi connectivity index (χ4n) is 3.05. The molecule has 0 aromatic heterocycles. The lowest BCUT2D eigenvalue weighted by atomic mass is 10.2. The van der Waals surface area contributed by atoms with Crippen LogP contribution in [0.15, 0.2) is 66.7 Å². The second kappa shape index (κ2) is 11.4. The lowest BCUT2D eigenvalue weighted by Crippen LogP contribution is -2.20. The molecule has 0 aliphatic rings. The van der Waals surface area contributed by atoms with Crippen LogP contribution in [0.1, 0.15) is 23.6 Å². The predicted octanol–water partition coefficient (Wildman–Crippen LogP) is 5.35. The summed E-state index contributed by atoms with van der Waals surface area (Å²) in [4.78, 5) is 12.3. The third-order valence-electron chi connectivity index (χ3n) is 4.55. The van der Waals surface area contributed by atoms with E-state index in [1.165, 1.54) is 5.56 Å². The Kier molecular flexibility index (Phi) is 8.33. The molecule has 6 heteroatoms. The van der Waals surface area contributed by atoms with Crippen molar-refractivity contribution in [2.45, 2.75) is 26.9 Å². The predicted molar refractivity (Wildman–Crippen MR) is 125 cm³/mol. The first-order valence-electron chi connectivity index (χ1n) is 10.2. The maximum atomic E-state index is 12.3. The maximum absolute atomic E-state index is 12.3. The molecule has 0 radical (unpaired) electrons. The first-order chi connectivity index (χ1) is 15.0. The number of carbonyl (C=O) groups excluding carboxylic acids is 1. The Hall–Kier alpha value is -3.02. The van der Waals surface area contributed by atoms with Crippen LogP contribution in [0.5, 0.6) is 11.5 Å². The minimum Gasteiger partial charge on any atom is -0.490 e. The zero-order chi connectivity index (χ0) is 22.1. The van der Waals surface area contributed by atoms with E-state index in [9.17, 15) is 4.79 Å². The van der Waals surface area contributed by atoms with Crippen LogP contribution in [0.25, 0.3) is 0 Å². The highest BCUT2D eigenvalue weighted by Crippen LogP contribution is 2.36. The van der Waals surface area contributed by atoms with Crippen molar-refractivity contribution in [2.75, 3.05) is 18.5 Å². The number of nitrogens with one attached hydrogen (secondary N) is 2. The molecule has 3 aromatic carbocycles. The van der Waals surface area contributed by atoms with Crippen molar-refractivity contribution in [1.29, 1.82) is 0 Å². The van der Waals surface area contributed by atoms with E-state index in [0.29, 0.717) is 29.7 Å². The Balaban J connectivity index is 1.61. The summed E-state index contributed by atoms with van der Waals surface area (Å²) in [5.41, 5.74) is 4.02. The van der Waals surface area contributed by atoms with Crippen LogP contribution in [-0.4, -0.2) is 19.1 Å². The van der Waals surface area contributed by atoms with Gasteiger partial charge in [-0.3, -0.25) is 4.79 Å². The number of anilines is 1. The van der Waals surface area contributed by atoms with Crippen molar-refractivity contribution in [3.05, 3.63) is 88.4 Å². The summed E-state index contributed by atoms with van der Waals surface area (Å²) in [6.45, 7) is 5.56. The van der Waals surface area contributed by atoms with E-state index in [0.717, 1.165) is 23.4 Å². The SMILES string of the molecule is CCOc1cc(CNCc2ccccc2)cc(Cl)c1OCC(=O)Nc1ccc(C)cc1. The maximum Gasteiger partial charge on any atom is 0.262 e. The van der Waals surface area contributed by atoms with Gasteiger partial charge in [-0.2, -0.15) is 0 Å². The van der Waals surface area contributed by atoms with Crippen molar-refractivity contribution in [3.63, 3.8) is 0 Å². The summed E-state index contributed by atoms with van der Waals surface area (Å²) in [7, 11) is 0. The van der Waals surface area contributed by atoms with Crippen LogP contribution < -0.4 is 20.1 Å². The molecule has 0 unspecified atom stereocenters. The van der Waals surface area contributed by atoms with Crippen LogP contribution in [0, 0.1) is 6.92 Å². The van der Waals surface area contributed by atoms with Crippen LogP contribution in [0.3, 0.4) is 0 Å². The molecule has 0 spiro atoms. The molecule has 2 N–H and O–H groups in total. The summed E-state index contributed by atoms with van der Waals surface area (Å²) in [5.74, 6) is 0.625. The second-order valence-electron chi connectivity index (χ2n) is 7.13. The van der Waals surface area contributed by atoms with Crippen molar-refractivity contribution in [2.24, 2.45) is 0 Å². The largest absolute Gasteiger partial charge is 0.490 e. The Morgan fingerprint density at radius 2 is 1.65 bits per heavy atom. The third kappa shape index (κ3) is 7.02. The Morgan fingerprint density at radius 3 is 2.35 bits per heavy atom. The van der Waals surface area contributed by atoms with Gasteiger partial charge in [0.2, 0.25) is 0 Å². The smallest absolute Gasteiger partial charge is 0.262 e. The molecule has 0 saturated heterocycles. The van der Waals surface area contributed by atoms with E-state index in [-0.39, 0.29) is 12.5 Å². The molecule has 3 rings (SSSR count). The van der Waals surface area contributed by atoms with Crippen molar-refractivity contribution < 1.29 is 14.3 Å². The zero-order valence-corrected chi connectivity index (χ0v) is 18.5. The summed E-state index contributed by atoms with van der Waals surface area (Å²) in [5, 5.41) is 6.61. The van der Waals surface area contributed by atoms with E-state index in [4.69, 9.17) is 21.1 Å². The molecule has 31 heavy (non-hydrogen) atoms. The van der Waals surface area contributed by atoms with Crippen LogP contribution in [-0.2, 0) is 17.9 Å². The topological polar surface area (TPSA) is 59.6 Å². The molecule has 162 valence electrons. The standard InChI is InChI=1S/C25H27ClN2O3/c1-3-30-23-14-20(16-27-15-19-7-5-4-6-8-19)13-22(26)25(23)31-17-24(29)28-21-11-9-18(2)10-12-21/h4-14,27H,3,15-17H2,1-2H3,(H,28,29). The van der Waals surface area contributed by atoms with Gasteiger partial charge in [-0.25, -0.2) is 0 Å². The second-order valence-corrected chi connectivity index (χ2v) is 7.54. The normalized spacial score (nSPS) is 10.5. The Labute approximate surface area is 188 Å². The number of ether oxygens (including phenoxy) is 2. The van der Waals surface area contributed by atoms with E-state index >= 15 is 0 Å². The number of amides is 1. The molecular formula is C25H27ClN2O3. The number of aryl methyl sites for hydroxylation is 1. The van der Waals surface area contributed by atoms with Crippen LogP contribution in [0.2, 0.25) is 5.02 Å². The van der Waals surface area contributed by atoms with Crippen molar-refractivity contribution in [3.8, 4) is 11.5 Å². The Morgan fingerprint density at radius 1 is 0.935 bits per heavy atom. The lowest BCUT2D eigenvalue weighted by Gasteiger charge is -2.15. The van der Waals surface area contributed by atoms with Gasteiger partial charge in [0.05, 0.1) is 11.6 Å². The minimum absolute atomic E-state index is 0.167. The fraction of sp³-hybridized carbons (Fsp3) is 0.240. The summed E-state index contributed by atoms with van der Waals surface area (Å²) < 4.78 is 11.4. The van der Waals surface area contributed by atoms with Crippen molar-refractivity contribution >= 4 is 23.2 Å². The first-order valence-corrected chi connectivity index (χ1v) is 10.6. The first kappa shape index (κ1) is 22.7. The van der Waals surface area contributed by atoms with Gasteiger partial charge < -0.3 is 20.1 Å². The summed E-state index contributed by atoms with van der Waals surface area (Å²) in [6.07, 6.45) is 0. The molecule has 0 atom stereocenters. The number of rotatable bonds is 10. The average molecular weight is 439 g/mol. The summed E-state index contributed by atoms with van der Waals surface area (Å²) >= 11 is 6.46. The minimum atomic E-state index is -0.268. The van der Waals surface area contributed by atoms with Crippen LogP contribution in [0.4, 0.5) is 5.69 Å². The zero-order valence-electron chi connectivity index (χ0n) is 17.8. The van der Waals surface area contributed by atoms with E-state index in [1.54, 1.807) is 0 Å². The molecule has 5 nitrogen and oxygen atoms in total. The molecule has 0 heterocycles. The van der Waals surface area contributed by atoms with Gasteiger partial charge in [0.1, 0.15) is 0 Å². The molecule has 0 aliphatic carbocycles. The van der Waals surface area contributed by atoms with Gasteiger partial charge in [0.15, 0.2) is 18.1 Å². The molecule has 0 bridgehead atoms. The average Bonchev–Trinajstić information content (AvgIpc) is 2.76. The molecule has 0 fully saturated rings. The van der Waals surface area contributed by atoms with Crippen molar-refractivity contribution in [1.82, 2.24) is 5.32 Å². The van der Waals surface area contributed by atoms with Gasteiger partial charge >= 0.3 is 0 Å². The molecular weight excluding hydrogens is 412 g/mol. The number of halogens is 1. The van der Waals surface area contributed by atoms with Crippen LogP contribution >= 0.6 is 11.6 Å². The van der Waals surface area contributed by atoms with Gasteiger partial charge in [0.25, 0.3) is 5.91 Å². The highest BCUT2D eigenvalue weighted by Gasteiger charge is 2.14. The lowest BCUT2D eigenvalue weighted by molar-refractivity contribution is -0.118. The molecule has 1 amide bonds. The Bertz CT molecular complexity index is 992. The quantitative estimate of drug-likeness (QED) is 0.447. The third-order valence-corrected chi connectivity index (χ3v) is 4.83. The number of carbonyl (C=O) groups is 1. The molecule has 0 aliphatic heterocycles. The van der Waals surface area contributed by atoms with Gasteiger partial charge in [-0.15, -0.1) is 0 Å². The molecule has 3 aromatic rings. The van der Waals surface area contributed by atoms with Gasteiger partial charge in [-0.1, -0.05) is 59.6 Å². The summed E-state index contributed by atoms with van der Waals surface area (Å²) in [6, 6.07) is 21.5. The van der Waals surface area contributed by atoms with E-state index in [2.05, 4.69) is 22.8 Å².